The van der Waals surface area contributed by atoms with Crippen molar-refractivity contribution in [3.63, 3.8) is 0 Å². The van der Waals surface area contributed by atoms with Gasteiger partial charge in [-0.15, -0.1) is 10.2 Å². The molecule has 22 heavy (non-hydrogen) atoms. The van der Waals surface area contributed by atoms with Gasteiger partial charge in [0.1, 0.15) is 5.75 Å². The van der Waals surface area contributed by atoms with Gasteiger partial charge in [0.15, 0.2) is 6.10 Å². The van der Waals surface area contributed by atoms with E-state index in [1.807, 2.05) is 12.1 Å². The zero-order valence-electron chi connectivity index (χ0n) is 12.3. The normalized spacial score (nSPS) is 16.3. The maximum atomic E-state index is 12.3. The highest BCUT2D eigenvalue weighted by Gasteiger charge is 2.23. The molecule has 0 aliphatic carbocycles. The predicted octanol–water partition coefficient (Wildman–Crippen LogP) is 1.36. The molecule has 116 valence electrons. The molecule has 7 nitrogen and oxygen atoms in total. The molecule has 1 amide bonds. The van der Waals surface area contributed by atoms with Crippen molar-refractivity contribution in [1.29, 1.82) is 0 Å². The zero-order chi connectivity index (χ0) is 15.4. The number of carbonyl (C=O) groups is 1. The zero-order valence-corrected chi connectivity index (χ0v) is 12.3. The van der Waals surface area contributed by atoms with E-state index in [0.29, 0.717) is 37.9 Å². The quantitative estimate of drug-likeness (QED) is 0.849. The summed E-state index contributed by atoms with van der Waals surface area (Å²) in [6.45, 7) is 4.14. The summed E-state index contributed by atoms with van der Waals surface area (Å²) in [6, 6.07) is 7.19. The lowest BCUT2D eigenvalue weighted by atomic mass is 10.2. The van der Waals surface area contributed by atoms with E-state index in [9.17, 15) is 4.79 Å². The van der Waals surface area contributed by atoms with E-state index >= 15 is 0 Å². The molecule has 0 saturated carbocycles. The fourth-order valence-electron chi connectivity index (χ4n) is 2.27. The van der Waals surface area contributed by atoms with Crippen LogP contribution in [0.15, 0.2) is 35.1 Å². The molecule has 0 unspecified atom stereocenters. The Morgan fingerprint density at radius 2 is 2.00 bits per heavy atom. The Morgan fingerprint density at radius 1 is 1.27 bits per heavy atom. The maximum Gasteiger partial charge on any atom is 0.263 e. The first-order chi connectivity index (χ1) is 10.7. The molecule has 2 aromatic rings. The molecular weight excluding hydrogens is 286 g/mol. The minimum atomic E-state index is -0.535. The number of hydrogen-bond acceptors (Lipinski definition) is 6. The van der Waals surface area contributed by atoms with E-state index in [1.165, 1.54) is 6.39 Å². The summed E-state index contributed by atoms with van der Waals surface area (Å²) in [6.07, 6.45) is 0.746. The van der Waals surface area contributed by atoms with Gasteiger partial charge in [0.05, 0.1) is 13.2 Å². The molecule has 1 saturated heterocycles. The van der Waals surface area contributed by atoms with Crippen LogP contribution in [-0.4, -0.2) is 53.4 Å². The van der Waals surface area contributed by atoms with Crippen LogP contribution in [0.1, 0.15) is 6.92 Å². The first kappa shape index (κ1) is 14.5. The largest absolute Gasteiger partial charge is 0.481 e. The molecular formula is C15H17N3O4. The molecule has 1 fully saturated rings. The molecule has 3 rings (SSSR count). The third-order valence-electron chi connectivity index (χ3n) is 3.44. The van der Waals surface area contributed by atoms with E-state index in [0.717, 1.165) is 5.56 Å². The molecule has 1 aromatic carbocycles. The molecule has 0 bridgehead atoms. The van der Waals surface area contributed by atoms with E-state index < -0.39 is 6.10 Å². The Morgan fingerprint density at radius 3 is 2.64 bits per heavy atom. The van der Waals surface area contributed by atoms with Crippen molar-refractivity contribution >= 4 is 5.91 Å². The first-order valence-corrected chi connectivity index (χ1v) is 7.14. The Hall–Kier alpha value is -2.41. The summed E-state index contributed by atoms with van der Waals surface area (Å²) < 4.78 is 16.1. The predicted molar refractivity (Wildman–Crippen MR) is 77.2 cm³/mol. The summed E-state index contributed by atoms with van der Waals surface area (Å²) in [5, 5.41) is 7.47. The van der Waals surface area contributed by atoms with Gasteiger partial charge < -0.3 is 18.8 Å². The Bertz CT molecular complexity index is 606. The van der Waals surface area contributed by atoms with Crippen LogP contribution in [0.4, 0.5) is 0 Å². The number of morpholine rings is 1. The second kappa shape index (κ2) is 6.57. The fourth-order valence-corrected chi connectivity index (χ4v) is 2.27. The van der Waals surface area contributed by atoms with Gasteiger partial charge in [-0.25, -0.2) is 0 Å². The molecule has 0 spiro atoms. The molecule has 7 heteroatoms. The van der Waals surface area contributed by atoms with Gasteiger partial charge in [-0.2, -0.15) is 0 Å². The van der Waals surface area contributed by atoms with Crippen LogP contribution in [0.25, 0.3) is 11.5 Å². The lowest BCUT2D eigenvalue weighted by molar-refractivity contribution is -0.142. The van der Waals surface area contributed by atoms with Crippen molar-refractivity contribution < 1.29 is 18.7 Å². The molecule has 1 aliphatic rings. The fraction of sp³-hybridized carbons (Fsp3) is 0.400. The minimum Gasteiger partial charge on any atom is -0.481 e. The van der Waals surface area contributed by atoms with Gasteiger partial charge in [0.2, 0.25) is 12.3 Å². The number of benzene rings is 1. The highest BCUT2D eigenvalue weighted by molar-refractivity contribution is 5.81. The average molecular weight is 303 g/mol. The standard InChI is InChI=1S/C15H17N3O4/c1-11(15(19)18-6-8-20-9-7-18)22-13-4-2-12(3-5-13)14-17-16-10-21-14/h2-5,10-11H,6-9H2,1H3/t11-/m1/s1. The Balaban J connectivity index is 1.61. The van der Waals surface area contributed by atoms with Gasteiger partial charge in [-0.1, -0.05) is 0 Å². The molecule has 1 atom stereocenters. The highest BCUT2D eigenvalue weighted by Crippen LogP contribution is 2.21. The molecule has 2 heterocycles. The van der Waals surface area contributed by atoms with Crippen LogP contribution in [0.2, 0.25) is 0 Å². The number of aromatic nitrogens is 2. The van der Waals surface area contributed by atoms with Crippen molar-refractivity contribution in [3.8, 4) is 17.2 Å². The average Bonchev–Trinajstić information content (AvgIpc) is 3.10. The monoisotopic (exact) mass is 303 g/mol. The molecule has 1 aromatic heterocycles. The van der Waals surface area contributed by atoms with Gasteiger partial charge in [0.25, 0.3) is 5.91 Å². The van der Waals surface area contributed by atoms with Crippen LogP contribution < -0.4 is 4.74 Å². The third-order valence-corrected chi connectivity index (χ3v) is 3.44. The minimum absolute atomic E-state index is 0.0238. The van der Waals surface area contributed by atoms with Crippen LogP contribution in [-0.2, 0) is 9.53 Å². The number of ether oxygens (including phenoxy) is 2. The van der Waals surface area contributed by atoms with Crippen molar-refractivity contribution in [3.05, 3.63) is 30.7 Å². The molecule has 0 N–H and O–H groups in total. The first-order valence-electron chi connectivity index (χ1n) is 7.14. The lowest BCUT2D eigenvalue weighted by Crippen LogP contribution is -2.46. The van der Waals surface area contributed by atoms with E-state index in [1.54, 1.807) is 24.0 Å². The van der Waals surface area contributed by atoms with Gasteiger partial charge in [-0.05, 0) is 31.2 Å². The van der Waals surface area contributed by atoms with Crippen molar-refractivity contribution in [2.24, 2.45) is 0 Å². The SMILES string of the molecule is C[C@@H](Oc1ccc(-c2nnco2)cc1)C(=O)N1CCOCC1. The van der Waals surface area contributed by atoms with Gasteiger partial charge in [0, 0.05) is 18.7 Å². The van der Waals surface area contributed by atoms with Crippen LogP contribution >= 0.6 is 0 Å². The van der Waals surface area contributed by atoms with Crippen LogP contribution in [0.5, 0.6) is 5.75 Å². The number of rotatable bonds is 4. The Labute approximate surface area is 127 Å². The van der Waals surface area contributed by atoms with Crippen LogP contribution in [0.3, 0.4) is 0 Å². The van der Waals surface area contributed by atoms with Crippen molar-refractivity contribution in [1.82, 2.24) is 15.1 Å². The Kier molecular flexibility index (Phi) is 4.34. The summed E-state index contributed by atoms with van der Waals surface area (Å²) in [7, 11) is 0. The van der Waals surface area contributed by atoms with Crippen molar-refractivity contribution in [2.75, 3.05) is 26.3 Å². The summed E-state index contributed by atoms with van der Waals surface area (Å²) in [5.41, 5.74) is 0.803. The van der Waals surface area contributed by atoms with Crippen LogP contribution in [0, 0.1) is 0 Å². The third kappa shape index (κ3) is 3.25. The highest BCUT2D eigenvalue weighted by atomic mass is 16.5. The van der Waals surface area contributed by atoms with Gasteiger partial charge in [-0.3, -0.25) is 4.79 Å². The topological polar surface area (TPSA) is 77.7 Å². The smallest absolute Gasteiger partial charge is 0.263 e. The van der Waals surface area contributed by atoms with Crippen molar-refractivity contribution in [2.45, 2.75) is 13.0 Å². The summed E-state index contributed by atoms with van der Waals surface area (Å²) in [5.74, 6) is 1.05. The molecule has 0 radical (unpaired) electrons. The summed E-state index contributed by atoms with van der Waals surface area (Å²) >= 11 is 0. The van der Waals surface area contributed by atoms with Gasteiger partial charge >= 0.3 is 0 Å². The second-order valence-electron chi connectivity index (χ2n) is 4.97. The number of carbonyl (C=O) groups excluding carboxylic acids is 1. The van der Waals surface area contributed by atoms with E-state index in [-0.39, 0.29) is 5.91 Å². The maximum absolute atomic E-state index is 12.3. The summed E-state index contributed by atoms with van der Waals surface area (Å²) in [4.78, 5) is 14.0. The van der Waals surface area contributed by atoms with E-state index in [4.69, 9.17) is 13.9 Å². The second-order valence-corrected chi connectivity index (χ2v) is 4.97. The number of amides is 1. The number of hydrogen-bond donors (Lipinski definition) is 0. The lowest BCUT2D eigenvalue weighted by Gasteiger charge is -2.29. The van der Waals surface area contributed by atoms with E-state index in [2.05, 4.69) is 10.2 Å². The molecule has 1 aliphatic heterocycles. The number of nitrogens with zero attached hydrogens (tertiary/aromatic N) is 3.